The molecular weight excluding hydrogens is 284 g/mol. The Balaban J connectivity index is 1.58. The van der Waals surface area contributed by atoms with E-state index in [2.05, 4.69) is 47.4 Å². The van der Waals surface area contributed by atoms with Gasteiger partial charge in [-0.15, -0.1) is 0 Å². The summed E-state index contributed by atoms with van der Waals surface area (Å²) in [4.78, 5) is 12.3. The Labute approximate surface area is 135 Å². The molecule has 1 N–H and O–H groups in total. The highest BCUT2D eigenvalue weighted by Crippen LogP contribution is 2.50. The zero-order valence-electron chi connectivity index (χ0n) is 13.3. The van der Waals surface area contributed by atoms with Crippen LogP contribution in [0.1, 0.15) is 28.8 Å². The van der Waals surface area contributed by atoms with E-state index in [4.69, 9.17) is 0 Å². The normalized spacial score (nSPS) is 15.5. The number of nitrogens with one attached hydrogen (secondary N) is 1. The van der Waals surface area contributed by atoms with Crippen molar-refractivity contribution in [1.29, 1.82) is 0 Å². The Morgan fingerprint density at radius 1 is 1.09 bits per heavy atom. The van der Waals surface area contributed by atoms with Gasteiger partial charge in [-0.25, -0.2) is 0 Å². The summed E-state index contributed by atoms with van der Waals surface area (Å²) in [6.07, 6.45) is 4.50. The number of benzene rings is 2. The Kier molecular flexibility index (Phi) is 3.22. The van der Waals surface area contributed by atoms with Crippen LogP contribution >= 0.6 is 0 Å². The van der Waals surface area contributed by atoms with Crippen molar-refractivity contribution in [3.05, 3.63) is 71.9 Å². The first-order chi connectivity index (χ1) is 11.2. The van der Waals surface area contributed by atoms with E-state index in [9.17, 15) is 4.79 Å². The van der Waals surface area contributed by atoms with E-state index in [0.29, 0.717) is 6.54 Å². The van der Waals surface area contributed by atoms with Crippen molar-refractivity contribution in [1.82, 2.24) is 9.88 Å². The largest absolute Gasteiger partial charge is 0.351 e. The molecule has 0 spiro atoms. The Hall–Kier alpha value is -2.55. The summed E-state index contributed by atoms with van der Waals surface area (Å²) in [5, 5.41) is 4.43. The monoisotopic (exact) mass is 304 g/mol. The van der Waals surface area contributed by atoms with Gasteiger partial charge in [0.05, 0.1) is 0 Å². The number of para-hydroxylation sites is 1. The number of hydrogen-bond acceptors (Lipinski definition) is 1. The molecule has 1 aromatic heterocycles. The topological polar surface area (TPSA) is 34.0 Å². The number of rotatable bonds is 4. The van der Waals surface area contributed by atoms with E-state index in [0.717, 1.165) is 18.4 Å². The molecule has 1 fully saturated rings. The van der Waals surface area contributed by atoms with Gasteiger partial charge in [0, 0.05) is 41.7 Å². The first kappa shape index (κ1) is 14.1. The van der Waals surface area contributed by atoms with Gasteiger partial charge < -0.3 is 9.88 Å². The quantitative estimate of drug-likeness (QED) is 0.784. The molecule has 116 valence electrons. The van der Waals surface area contributed by atoms with Crippen LogP contribution in [0, 0.1) is 0 Å². The van der Waals surface area contributed by atoms with Gasteiger partial charge in [-0.1, -0.05) is 36.4 Å². The van der Waals surface area contributed by atoms with E-state index in [1.54, 1.807) is 0 Å². The van der Waals surface area contributed by atoms with E-state index in [1.165, 1.54) is 16.5 Å². The first-order valence-electron chi connectivity index (χ1n) is 8.07. The Morgan fingerprint density at radius 2 is 1.78 bits per heavy atom. The van der Waals surface area contributed by atoms with Gasteiger partial charge in [0.2, 0.25) is 0 Å². The number of aromatic nitrogens is 1. The minimum absolute atomic E-state index is 0.0112. The highest BCUT2D eigenvalue weighted by Gasteiger charge is 2.46. The number of carbonyl (C=O) groups is 1. The number of fused-ring (bicyclic) bond motifs is 1. The van der Waals surface area contributed by atoms with Gasteiger partial charge in [0.15, 0.2) is 0 Å². The van der Waals surface area contributed by atoms with Gasteiger partial charge in [-0.2, -0.15) is 0 Å². The summed E-state index contributed by atoms with van der Waals surface area (Å²) >= 11 is 0. The molecule has 3 aromatic rings. The fraction of sp³-hybridized carbons (Fsp3) is 0.250. The van der Waals surface area contributed by atoms with Crippen LogP contribution in [-0.2, 0) is 12.5 Å². The number of amides is 1. The van der Waals surface area contributed by atoms with Crippen LogP contribution in [-0.4, -0.2) is 17.0 Å². The standard InChI is InChI=1S/C20H20N2O/c1-22-13-17(16-9-5-6-10-18(16)22)20(11-12-20)14-21-19(23)15-7-3-2-4-8-15/h2-10,13H,11-12,14H2,1H3,(H,21,23). The van der Waals surface area contributed by atoms with Crippen LogP contribution < -0.4 is 5.32 Å². The number of carbonyl (C=O) groups excluding carboxylic acids is 1. The lowest BCUT2D eigenvalue weighted by molar-refractivity contribution is 0.0949. The third-order valence-corrected chi connectivity index (χ3v) is 4.95. The van der Waals surface area contributed by atoms with Gasteiger partial charge in [-0.05, 0) is 36.6 Å². The SMILES string of the molecule is Cn1cc(C2(CNC(=O)c3ccccc3)CC2)c2ccccc21. The zero-order chi connectivity index (χ0) is 15.9. The smallest absolute Gasteiger partial charge is 0.251 e. The van der Waals surface area contributed by atoms with Crippen molar-refractivity contribution < 1.29 is 4.79 Å². The first-order valence-corrected chi connectivity index (χ1v) is 8.07. The summed E-state index contributed by atoms with van der Waals surface area (Å²) in [7, 11) is 2.09. The van der Waals surface area contributed by atoms with E-state index in [1.807, 2.05) is 30.3 Å². The average Bonchev–Trinajstić information content (AvgIpc) is 3.32. The Morgan fingerprint density at radius 3 is 2.52 bits per heavy atom. The van der Waals surface area contributed by atoms with Crippen LogP contribution in [0.2, 0.25) is 0 Å². The molecule has 2 aromatic carbocycles. The molecule has 0 unspecified atom stereocenters. The molecule has 4 rings (SSSR count). The fourth-order valence-corrected chi connectivity index (χ4v) is 3.40. The van der Waals surface area contributed by atoms with Crippen molar-refractivity contribution in [3.8, 4) is 0 Å². The lowest BCUT2D eigenvalue weighted by Gasteiger charge is -2.16. The number of hydrogen-bond donors (Lipinski definition) is 1. The molecule has 1 aliphatic carbocycles. The molecule has 0 bridgehead atoms. The van der Waals surface area contributed by atoms with Gasteiger partial charge >= 0.3 is 0 Å². The van der Waals surface area contributed by atoms with Crippen LogP contribution in [0.15, 0.2) is 60.8 Å². The highest BCUT2D eigenvalue weighted by molar-refractivity contribution is 5.94. The Bertz CT molecular complexity index is 860. The molecule has 23 heavy (non-hydrogen) atoms. The van der Waals surface area contributed by atoms with Gasteiger partial charge in [0.1, 0.15) is 0 Å². The van der Waals surface area contributed by atoms with E-state index in [-0.39, 0.29) is 11.3 Å². The number of aryl methyl sites for hydroxylation is 1. The molecule has 3 nitrogen and oxygen atoms in total. The molecule has 1 aliphatic rings. The lowest BCUT2D eigenvalue weighted by Crippen LogP contribution is -2.32. The minimum atomic E-state index is 0.0112. The minimum Gasteiger partial charge on any atom is -0.351 e. The summed E-state index contributed by atoms with van der Waals surface area (Å²) in [5.74, 6) is 0.0112. The molecule has 1 heterocycles. The van der Waals surface area contributed by atoms with Crippen molar-refractivity contribution in [3.63, 3.8) is 0 Å². The molecule has 0 saturated heterocycles. The predicted octanol–water partition coefficient (Wildman–Crippen LogP) is 3.64. The summed E-state index contributed by atoms with van der Waals surface area (Å²) in [6, 6.07) is 17.9. The van der Waals surface area contributed by atoms with Crippen LogP contribution in [0.4, 0.5) is 0 Å². The zero-order valence-corrected chi connectivity index (χ0v) is 13.3. The summed E-state index contributed by atoms with van der Waals surface area (Å²) in [6.45, 7) is 0.703. The molecule has 0 radical (unpaired) electrons. The molecule has 1 amide bonds. The third-order valence-electron chi connectivity index (χ3n) is 4.95. The van der Waals surface area contributed by atoms with E-state index < -0.39 is 0 Å². The van der Waals surface area contributed by atoms with Crippen LogP contribution in [0.5, 0.6) is 0 Å². The van der Waals surface area contributed by atoms with Gasteiger partial charge in [0.25, 0.3) is 5.91 Å². The van der Waals surface area contributed by atoms with Crippen LogP contribution in [0.25, 0.3) is 10.9 Å². The molecule has 1 saturated carbocycles. The second kappa shape index (κ2) is 5.27. The van der Waals surface area contributed by atoms with Crippen molar-refractivity contribution in [2.24, 2.45) is 7.05 Å². The third kappa shape index (κ3) is 2.42. The fourth-order valence-electron chi connectivity index (χ4n) is 3.40. The maximum Gasteiger partial charge on any atom is 0.251 e. The molecule has 0 aliphatic heterocycles. The average molecular weight is 304 g/mol. The maximum absolute atomic E-state index is 12.3. The van der Waals surface area contributed by atoms with Crippen molar-refractivity contribution >= 4 is 16.8 Å². The van der Waals surface area contributed by atoms with Crippen molar-refractivity contribution in [2.75, 3.05) is 6.54 Å². The highest BCUT2D eigenvalue weighted by atomic mass is 16.1. The van der Waals surface area contributed by atoms with Gasteiger partial charge in [-0.3, -0.25) is 4.79 Å². The summed E-state index contributed by atoms with van der Waals surface area (Å²) in [5.41, 5.74) is 3.44. The second-order valence-corrected chi connectivity index (χ2v) is 6.50. The number of nitrogens with zero attached hydrogens (tertiary/aromatic N) is 1. The van der Waals surface area contributed by atoms with Crippen molar-refractivity contribution in [2.45, 2.75) is 18.3 Å². The summed E-state index contributed by atoms with van der Waals surface area (Å²) < 4.78 is 2.18. The second-order valence-electron chi connectivity index (χ2n) is 6.50. The molecule has 3 heteroatoms. The predicted molar refractivity (Wildman–Crippen MR) is 92.6 cm³/mol. The molecule has 0 atom stereocenters. The van der Waals surface area contributed by atoms with E-state index >= 15 is 0 Å². The molecular formula is C20H20N2O. The maximum atomic E-state index is 12.3. The van der Waals surface area contributed by atoms with Crippen LogP contribution in [0.3, 0.4) is 0 Å². The lowest BCUT2D eigenvalue weighted by atomic mass is 9.95.